The summed E-state index contributed by atoms with van der Waals surface area (Å²) >= 11 is 0. The number of nitrogens with one attached hydrogen (secondary N) is 3. The van der Waals surface area contributed by atoms with E-state index in [4.69, 9.17) is 4.74 Å². The monoisotopic (exact) mass is 525 g/mol. The number of carbonyl (C=O) groups excluding carboxylic acids is 1. The number of aliphatic imine (C=N–C) groups is 1. The Kier molecular flexibility index (Phi) is 12.5. The van der Waals surface area contributed by atoms with Crippen LogP contribution in [0.3, 0.4) is 0 Å². The zero-order chi connectivity index (χ0) is 20.9. The molecule has 0 spiro atoms. The third-order valence-corrected chi connectivity index (χ3v) is 4.06. The zero-order valence-electron chi connectivity index (χ0n) is 17.9. The summed E-state index contributed by atoms with van der Waals surface area (Å²) in [5.41, 5.74) is 2.76. The molecule has 0 saturated carbocycles. The fourth-order valence-corrected chi connectivity index (χ4v) is 2.60. The summed E-state index contributed by atoms with van der Waals surface area (Å²) in [5, 5.41) is 9.33. The molecule has 0 fully saturated rings. The highest BCUT2D eigenvalue weighted by Gasteiger charge is 2.06. The van der Waals surface area contributed by atoms with E-state index >= 15 is 0 Å². The molecule has 0 aliphatic rings. The van der Waals surface area contributed by atoms with E-state index in [2.05, 4.69) is 58.0 Å². The first-order valence-corrected chi connectivity index (χ1v) is 10.1. The Balaban J connectivity index is 0.00000450. The molecule has 3 N–H and O–H groups in total. The average Bonchev–Trinajstić information content (AvgIpc) is 2.74. The van der Waals surface area contributed by atoms with Gasteiger partial charge in [0.05, 0.1) is 18.7 Å². The van der Waals surface area contributed by atoms with Crippen molar-refractivity contribution in [3.05, 3.63) is 59.4 Å². The van der Waals surface area contributed by atoms with Gasteiger partial charge in [0.2, 0.25) is 0 Å². The van der Waals surface area contributed by atoms with Crippen LogP contribution in [0.4, 0.5) is 0 Å². The van der Waals surface area contributed by atoms with E-state index in [1.54, 1.807) is 24.5 Å². The van der Waals surface area contributed by atoms with Crippen LogP contribution < -0.4 is 20.7 Å². The fourth-order valence-electron chi connectivity index (χ4n) is 2.60. The highest BCUT2D eigenvalue weighted by atomic mass is 127. The summed E-state index contributed by atoms with van der Waals surface area (Å²) in [4.78, 5) is 20.6. The lowest BCUT2D eigenvalue weighted by Crippen LogP contribution is -2.41. The van der Waals surface area contributed by atoms with Crippen molar-refractivity contribution < 1.29 is 9.53 Å². The van der Waals surface area contributed by atoms with Crippen LogP contribution in [0, 0.1) is 6.92 Å². The highest BCUT2D eigenvalue weighted by molar-refractivity contribution is 14.0. The fraction of sp³-hybridized carbons (Fsp3) is 0.409. The van der Waals surface area contributed by atoms with Crippen LogP contribution in [0.5, 0.6) is 5.75 Å². The van der Waals surface area contributed by atoms with Crippen LogP contribution in [0.15, 0.2) is 47.7 Å². The second-order valence-corrected chi connectivity index (χ2v) is 6.58. The Hall–Kier alpha value is -2.36. The lowest BCUT2D eigenvalue weighted by Gasteiger charge is -2.14. The number of halogens is 1. The van der Waals surface area contributed by atoms with Crippen LogP contribution in [-0.4, -0.2) is 43.1 Å². The maximum atomic E-state index is 12.0. The molecule has 164 valence electrons. The van der Waals surface area contributed by atoms with Gasteiger partial charge in [-0.2, -0.15) is 0 Å². The summed E-state index contributed by atoms with van der Waals surface area (Å²) in [6.45, 7) is 9.15. The first-order valence-electron chi connectivity index (χ1n) is 10.1. The standard InChI is InChI=1S/C22H31N5O2.HI/c1-4-13-29-20-14-17(3)8-9-18(20)16-27-22(24-5-2)26-12-11-25-21(28)19-7-6-10-23-15-19;/h6-10,14-15H,4-5,11-13,16H2,1-3H3,(H,25,28)(H2,24,26,27);1H. The third kappa shape index (κ3) is 8.98. The van der Waals surface area contributed by atoms with Gasteiger partial charge in [-0.3, -0.25) is 9.78 Å². The van der Waals surface area contributed by atoms with Crippen molar-refractivity contribution in [1.82, 2.24) is 20.9 Å². The lowest BCUT2D eigenvalue weighted by molar-refractivity contribution is 0.0954. The average molecular weight is 525 g/mol. The molecule has 0 unspecified atom stereocenters. The summed E-state index contributed by atoms with van der Waals surface area (Å²) in [6.07, 6.45) is 4.16. The van der Waals surface area contributed by atoms with Gasteiger partial charge in [-0.15, -0.1) is 24.0 Å². The van der Waals surface area contributed by atoms with Crippen molar-refractivity contribution >= 4 is 35.8 Å². The van der Waals surface area contributed by atoms with Crippen molar-refractivity contribution in [2.24, 2.45) is 4.99 Å². The van der Waals surface area contributed by atoms with Crippen molar-refractivity contribution in [3.63, 3.8) is 0 Å². The van der Waals surface area contributed by atoms with E-state index < -0.39 is 0 Å². The Morgan fingerprint density at radius 1 is 1.13 bits per heavy atom. The molecule has 0 bridgehead atoms. The molecule has 0 aliphatic carbocycles. The van der Waals surface area contributed by atoms with Crippen LogP contribution >= 0.6 is 24.0 Å². The van der Waals surface area contributed by atoms with E-state index in [9.17, 15) is 4.79 Å². The molecule has 7 nitrogen and oxygen atoms in total. The molecule has 0 aliphatic heterocycles. The number of rotatable bonds is 10. The van der Waals surface area contributed by atoms with Crippen LogP contribution in [0.25, 0.3) is 0 Å². The van der Waals surface area contributed by atoms with Gasteiger partial charge in [0.25, 0.3) is 5.91 Å². The second kappa shape index (κ2) is 14.6. The second-order valence-electron chi connectivity index (χ2n) is 6.58. The molecule has 1 aromatic carbocycles. The minimum absolute atomic E-state index is 0. The quantitative estimate of drug-likeness (QED) is 0.192. The predicted molar refractivity (Wildman–Crippen MR) is 132 cm³/mol. The molecular formula is C22H32IN5O2. The summed E-state index contributed by atoms with van der Waals surface area (Å²) in [6, 6.07) is 9.65. The smallest absolute Gasteiger partial charge is 0.252 e. The van der Waals surface area contributed by atoms with Gasteiger partial charge >= 0.3 is 0 Å². The first kappa shape index (κ1) is 25.7. The third-order valence-electron chi connectivity index (χ3n) is 4.06. The van der Waals surface area contributed by atoms with Crippen molar-refractivity contribution in [1.29, 1.82) is 0 Å². The topological polar surface area (TPSA) is 87.6 Å². The molecule has 0 atom stereocenters. The van der Waals surface area contributed by atoms with Gasteiger partial charge in [0, 0.05) is 37.6 Å². The molecular weight excluding hydrogens is 493 g/mol. The normalized spacial score (nSPS) is 10.7. The molecule has 2 rings (SSSR count). The molecule has 1 amide bonds. The Labute approximate surface area is 196 Å². The zero-order valence-corrected chi connectivity index (χ0v) is 20.2. The maximum Gasteiger partial charge on any atom is 0.252 e. The van der Waals surface area contributed by atoms with E-state index in [0.717, 1.165) is 24.3 Å². The van der Waals surface area contributed by atoms with E-state index in [1.165, 1.54) is 5.56 Å². The summed E-state index contributed by atoms with van der Waals surface area (Å²) < 4.78 is 5.86. The summed E-state index contributed by atoms with van der Waals surface area (Å²) in [7, 11) is 0. The Bertz CT molecular complexity index is 799. The van der Waals surface area contributed by atoms with Gasteiger partial charge in [-0.05, 0) is 44.0 Å². The number of aryl methyl sites for hydroxylation is 1. The number of hydrogen-bond donors (Lipinski definition) is 3. The predicted octanol–water partition coefficient (Wildman–Crippen LogP) is 3.28. The molecule has 0 saturated heterocycles. The number of guanidine groups is 1. The van der Waals surface area contributed by atoms with Crippen molar-refractivity contribution in [3.8, 4) is 5.75 Å². The van der Waals surface area contributed by atoms with E-state index in [-0.39, 0.29) is 29.9 Å². The van der Waals surface area contributed by atoms with Gasteiger partial charge in [-0.1, -0.05) is 19.1 Å². The minimum Gasteiger partial charge on any atom is -0.493 e. The molecule has 30 heavy (non-hydrogen) atoms. The first-order chi connectivity index (χ1) is 14.1. The minimum atomic E-state index is -0.140. The van der Waals surface area contributed by atoms with Gasteiger partial charge in [0.15, 0.2) is 5.96 Å². The highest BCUT2D eigenvalue weighted by Crippen LogP contribution is 2.21. The number of benzene rings is 1. The number of carbonyl (C=O) groups is 1. The van der Waals surface area contributed by atoms with E-state index in [1.807, 2.05) is 6.92 Å². The Morgan fingerprint density at radius 3 is 2.63 bits per heavy atom. The number of nitrogens with zero attached hydrogens (tertiary/aromatic N) is 2. The van der Waals surface area contributed by atoms with Gasteiger partial charge in [-0.25, -0.2) is 4.99 Å². The van der Waals surface area contributed by atoms with Crippen molar-refractivity contribution in [2.75, 3.05) is 26.2 Å². The van der Waals surface area contributed by atoms with Gasteiger partial charge in [0.1, 0.15) is 5.75 Å². The number of aromatic nitrogens is 1. The summed E-state index contributed by atoms with van der Waals surface area (Å²) in [5.74, 6) is 1.44. The molecule has 1 heterocycles. The van der Waals surface area contributed by atoms with Crippen LogP contribution in [0.2, 0.25) is 0 Å². The van der Waals surface area contributed by atoms with Crippen LogP contribution in [0.1, 0.15) is 41.8 Å². The molecule has 8 heteroatoms. The van der Waals surface area contributed by atoms with Gasteiger partial charge < -0.3 is 20.7 Å². The Morgan fingerprint density at radius 2 is 1.93 bits per heavy atom. The van der Waals surface area contributed by atoms with E-state index in [0.29, 0.717) is 37.8 Å². The number of pyridine rings is 1. The molecule has 0 radical (unpaired) electrons. The lowest BCUT2D eigenvalue weighted by atomic mass is 10.1. The van der Waals surface area contributed by atoms with Crippen molar-refractivity contribution in [2.45, 2.75) is 33.7 Å². The number of hydrogen-bond acceptors (Lipinski definition) is 4. The number of ether oxygens (including phenoxy) is 1. The van der Waals surface area contributed by atoms with Crippen LogP contribution in [-0.2, 0) is 6.54 Å². The molecule has 1 aromatic heterocycles. The largest absolute Gasteiger partial charge is 0.493 e. The molecule has 2 aromatic rings. The number of amides is 1. The SMILES string of the molecule is CCCOc1cc(C)ccc1CN=C(NCC)NCCNC(=O)c1cccnc1.I. The maximum absolute atomic E-state index is 12.0.